The zero-order valence-corrected chi connectivity index (χ0v) is 11.4. The summed E-state index contributed by atoms with van der Waals surface area (Å²) in [5, 5.41) is 8.12. The van der Waals surface area contributed by atoms with E-state index in [-0.39, 0.29) is 11.9 Å². The van der Waals surface area contributed by atoms with E-state index in [4.69, 9.17) is 11.6 Å². The highest BCUT2D eigenvalue weighted by Gasteiger charge is 2.23. The Labute approximate surface area is 116 Å². The highest BCUT2D eigenvalue weighted by molar-refractivity contribution is 6.33. The summed E-state index contributed by atoms with van der Waals surface area (Å²) < 4.78 is 15.0. The van der Waals surface area contributed by atoms with Crippen molar-refractivity contribution in [1.29, 1.82) is 0 Å². The Kier molecular flexibility index (Phi) is 3.19. The molecular weight excluding hydrogens is 265 g/mol. The van der Waals surface area contributed by atoms with Gasteiger partial charge in [0.1, 0.15) is 5.82 Å². The van der Waals surface area contributed by atoms with Crippen molar-refractivity contribution in [3.63, 3.8) is 0 Å². The van der Waals surface area contributed by atoms with Gasteiger partial charge in [0.25, 0.3) is 0 Å². The topological polar surface area (TPSA) is 29.9 Å². The number of aryl methyl sites for hydroxylation is 1. The quantitative estimate of drug-likeness (QED) is 0.908. The normalized spacial score (nSPS) is 18.2. The fraction of sp³-hybridized carbons (Fsp3) is 0.357. The van der Waals surface area contributed by atoms with Gasteiger partial charge in [-0.2, -0.15) is 5.10 Å². The number of halogens is 2. The van der Waals surface area contributed by atoms with Gasteiger partial charge < -0.3 is 5.32 Å². The van der Waals surface area contributed by atoms with E-state index in [0.29, 0.717) is 5.02 Å². The van der Waals surface area contributed by atoms with Crippen molar-refractivity contribution in [2.24, 2.45) is 7.05 Å². The van der Waals surface area contributed by atoms with Crippen LogP contribution in [0.15, 0.2) is 24.4 Å². The third kappa shape index (κ3) is 2.32. The summed E-state index contributed by atoms with van der Waals surface area (Å²) in [7, 11) is 1.96. The molecule has 2 aromatic rings. The summed E-state index contributed by atoms with van der Waals surface area (Å²) in [6, 6.07) is 4.63. The first kappa shape index (κ1) is 12.5. The molecule has 1 aromatic carbocycles. The molecule has 0 saturated carbocycles. The number of nitrogens with one attached hydrogen (secondary N) is 1. The molecule has 0 aliphatic heterocycles. The number of fused-ring (bicyclic) bond motifs is 1. The smallest absolute Gasteiger partial charge is 0.124 e. The van der Waals surface area contributed by atoms with Gasteiger partial charge in [-0.3, -0.25) is 4.68 Å². The molecule has 0 spiro atoms. The molecule has 1 atom stereocenters. The van der Waals surface area contributed by atoms with Gasteiger partial charge in [-0.1, -0.05) is 11.6 Å². The van der Waals surface area contributed by atoms with Crippen LogP contribution in [0.2, 0.25) is 5.02 Å². The van der Waals surface area contributed by atoms with Crippen LogP contribution in [0.25, 0.3) is 0 Å². The Morgan fingerprint density at radius 2 is 2.32 bits per heavy atom. The molecule has 1 N–H and O–H groups in total. The lowest BCUT2D eigenvalue weighted by atomic mass is 9.93. The highest BCUT2D eigenvalue weighted by atomic mass is 35.5. The molecule has 5 heteroatoms. The Balaban J connectivity index is 1.88. The Morgan fingerprint density at radius 3 is 3.11 bits per heavy atom. The Morgan fingerprint density at radius 1 is 1.47 bits per heavy atom. The minimum atomic E-state index is -0.318. The summed E-state index contributed by atoms with van der Waals surface area (Å²) in [6.07, 6.45) is 5.11. The molecule has 0 bridgehead atoms. The van der Waals surface area contributed by atoms with E-state index >= 15 is 0 Å². The molecular formula is C14H15ClFN3. The maximum Gasteiger partial charge on any atom is 0.124 e. The van der Waals surface area contributed by atoms with Crippen molar-refractivity contribution in [3.05, 3.63) is 46.5 Å². The minimum absolute atomic E-state index is 0.195. The summed E-state index contributed by atoms with van der Waals surface area (Å²) in [5.74, 6) is -0.318. The molecule has 1 unspecified atom stereocenters. The van der Waals surface area contributed by atoms with Crippen LogP contribution in [0.5, 0.6) is 0 Å². The number of rotatable bonds is 2. The molecule has 0 saturated heterocycles. The van der Waals surface area contributed by atoms with Crippen LogP contribution in [-0.4, -0.2) is 9.78 Å². The van der Waals surface area contributed by atoms with Gasteiger partial charge in [-0.25, -0.2) is 4.39 Å². The fourth-order valence-corrected chi connectivity index (χ4v) is 2.87. The second-order valence-corrected chi connectivity index (χ2v) is 5.29. The molecule has 0 fully saturated rings. The average molecular weight is 280 g/mol. The van der Waals surface area contributed by atoms with Crippen molar-refractivity contribution >= 4 is 17.3 Å². The van der Waals surface area contributed by atoms with Crippen LogP contribution >= 0.6 is 11.6 Å². The number of hydrogen-bond donors (Lipinski definition) is 1. The molecule has 1 aliphatic rings. The summed E-state index contributed by atoms with van der Waals surface area (Å²) in [4.78, 5) is 0. The first-order chi connectivity index (χ1) is 9.15. The van der Waals surface area contributed by atoms with Crippen LogP contribution in [0.3, 0.4) is 0 Å². The third-order valence-electron chi connectivity index (χ3n) is 3.64. The zero-order chi connectivity index (χ0) is 13.4. The van der Waals surface area contributed by atoms with Gasteiger partial charge >= 0.3 is 0 Å². The highest BCUT2D eigenvalue weighted by Crippen LogP contribution is 2.34. The lowest BCUT2D eigenvalue weighted by Gasteiger charge is -2.25. The maximum atomic E-state index is 13.0. The SMILES string of the molecule is Cn1ncc2c1CCCC2Nc1ccc(F)cc1Cl. The van der Waals surface area contributed by atoms with Crippen molar-refractivity contribution in [2.75, 3.05) is 5.32 Å². The van der Waals surface area contributed by atoms with Gasteiger partial charge in [0.15, 0.2) is 0 Å². The Bertz CT molecular complexity index is 609. The average Bonchev–Trinajstić information content (AvgIpc) is 2.76. The lowest BCUT2D eigenvalue weighted by molar-refractivity contribution is 0.571. The fourth-order valence-electron chi connectivity index (χ4n) is 2.65. The van der Waals surface area contributed by atoms with E-state index < -0.39 is 0 Å². The van der Waals surface area contributed by atoms with Crippen LogP contribution < -0.4 is 5.32 Å². The molecule has 0 amide bonds. The van der Waals surface area contributed by atoms with E-state index in [1.165, 1.54) is 23.4 Å². The van der Waals surface area contributed by atoms with E-state index in [1.54, 1.807) is 6.07 Å². The first-order valence-electron chi connectivity index (χ1n) is 6.37. The largest absolute Gasteiger partial charge is 0.377 e. The number of aromatic nitrogens is 2. The predicted molar refractivity (Wildman–Crippen MR) is 73.9 cm³/mol. The number of nitrogens with zero attached hydrogens (tertiary/aromatic N) is 2. The lowest BCUT2D eigenvalue weighted by Crippen LogP contribution is -2.18. The van der Waals surface area contributed by atoms with E-state index in [0.717, 1.165) is 24.9 Å². The number of hydrogen-bond acceptors (Lipinski definition) is 2. The van der Waals surface area contributed by atoms with E-state index in [9.17, 15) is 4.39 Å². The molecule has 1 aromatic heterocycles. The van der Waals surface area contributed by atoms with Gasteiger partial charge in [-0.05, 0) is 37.5 Å². The zero-order valence-electron chi connectivity index (χ0n) is 10.7. The molecule has 1 heterocycles. The minimum Gasteiger partial charge on any atom is -0.377 e. The van der Waals surface area contributed by atoms with Crippen molar-refractivity contribution in [2.45, 2.75) is 25.3 Å². The van der Waals surface area contributed by atoms with Gasteiger partial charge in [0.2, 0.25) is 0 Å². The second-order valence-electron chi connectivity index (χ2n) is 4.88. The molecule has 3 rings (SSSR count). The van der Waals surface area contributed by atoms with Crippen molar-refractivity contribution < 1.29 is 4.39 Å². The molecule has 100 valence electrons. The monoisotopic (exact) mass is 279 g/mol. The third-order valence-corrected chi connectivity index (χ3v) is 3.95. The summed E-state index contributed by atoms with van der Waals surface area (Å²) >= 11 is 6.06. The van der Waals surface area contributed by atoms with Gasteiger partial charge in [-0.15, -0.1) is 0 Å². The van der Waals surface area contributed by atoms with Crippen molar-refractivity contribution in [3.8, 4) is 0 Å². The standard InChI is InChI=1S/C14H15ClFN3/c1-19-14-4-2-3-12(10(14)8-17-19)18-13-6-5-9(16)7-11(13)15/h5-8,12,18H,2-4H2,1H3. The van der Waals surface area contributed by atoms with Crippen LogP contribution in [0, 0.1) is 5.82 Å². The first-order valence-corrected chi connectivity index (χ1v) is 6.75. The van der Waals surface area contributed by atoms with Crippen molar-refractivity contribution in [1.82, 2.24) is 9.78 Å². The summed E-state index contributed by atoms with van der Waals surface area (Å²) in [6.45, 7) is 0. The van der Waals surface area contributed by atoms with Crippen LogP contribution in [0.1, 0.15) is 30.1 Å². The van der Waals surface area contributed by atoms with E-state index in [1.807, 2.05) is 17.9 Å². The molecule has 0 radical (unpaired) electrons. The molecule has 19 heavy (non-hydrogen) atoms. The number of benzene rings is 1. The summed E-state index contributed by atoms with van der Waals surface area (Å²) in [5.41, 5.74) is 3.25. The van der Waals surface area contributed by atoms with Crippen LogP contribution in [0.4, 0.5) is 10.1 Å². The maximum absolute atomic E-state index is 13.0. The second kappa shape index (κ2) is 4.85. The van der Waals surface area contributed by atoms with E-state index in [2.05, 4.69) is 10.4 Å². The van der Waals surface area contributed by atoms with Gasteiger partial charge in [0.05, 0.1) is 22.9 Å². The Hall–Kier alpha value is -1.55. The number of anilines is 1. The van der Waals surface area contributed by atoms with Crippen LogP contribution in [-0.2, 0) is 13.5 Å². The van der Waals surface area contributed by atoms with Gasteiger partial charge in [0, 0.05) is 18.3 Å². The predicted octanol–water partition coefficient (Wildman–Crippen LogP) is 3.70. The molecule has 1 aliphatic carbocycles. The molecule has 3 nitrogen and oxygen atoms in total.